The molecule has 4 aromatic rings. The second-order valence-corrected chi connectivity index (χ2v) is 12.7. The van der Waals surface area contributed by atoms with E-state index < -0.39 is 0 Å². The van der Waals surface area contributed by atoms with Gasteiger partial charge in [0, 0.05) is 31.7 Å². The molecule has 2 atom stereocenters. The fourth-order valence-corrected chi connectivity index (χ4v) is 7.24. The maximum absolute atomic E-state index is 4.12. The normalized spacial score (nSPS) is 18.6. The molecule has 3 heteroatoms. The van der Waals surface area contributed by atoms with Gasteiger partial charge >= 0.3 is 0 Å². The molecule has 6 rings (SSSR count). The van der Waals surface area contributed by atoms with Gasteiger partial charge in [-0.15, -0.1) is 0 Å². The summed E-state index contributed by atoms with van der Waals surface area (Å²) < 4.78 is 0. The van der Waals surface area contributed by atoms with Crippen molar-refractivity contribution in [3.63, 3.8) is 0 Å². The van der Waals surface area contributed by atoms with Gasteiger partial charge in [-0.2, -0.15) is 0 Å². The summed E-state index contributed by atoms with van der Waals surface area (Å²) in [6.07, 6.45) is 12.1. The average Bonchev–Trinajstić information content (AvgIpc) is 3.80. The van der Waals surface area contributed by atoms with Crippen LogP contribution in [0.25, 0.3) is 21.5 Å². The molecule has 0 aromatic heterocycles. The fourth-order valence-electron chi connectivity index (χ4n) is 7.24. The summed E-state index contributed by atoms with van der Waals surface area (Å²) in [4.78, 5) is 0. The molecule has 0 bridgehead atoms. The van der Waals surface area contributed by atoms with Crippen LogP contribution in [0.2, 0.25) is 0 Å². The van der Waals surface area contributed by atoms with Gasteiger partial charge in [0.05, 0.1) is 0 Å². The topological polar surface area (TPSA) is 36.1 Å². The first-order valence-electron chi connectivity index (χ1n) is 15.8. The Kier molecular flexibility index (Phi) is 8.82. The highest BCUT2D eigenvalue weighted by Gasteiger charge is 2.48. The van der Waals surface area contributed by atoms with E-state index in [1.165, 1.54) is 84.2 Å². The summed E-state index contributed by atoms with van der Waals surface area (Å²) in [7, 11) is 2.07. The second-order valence-electron chi connectivity index (χ2n) is 12.7. The summed E-state index contributed by atoms with van der Waals surface area (Å²) in [6, 6.07) is 32.2. The quantitative estimate of drug-likeness (QED) is 0.169. The van der Waals surface area contributed by atoms with Gasteiger partial charge in [-0.25, -0.2) is 0 Å². The molecule has 2 aliphatic rings. The minimum absolute atomic E-state index is 0.389. The molecule has 0 heterocycles. The molecule has 3 nitrogen and oxygen atoms in total. The monoisotopic (exact) mass is 533 g/mol. The van der Waals surface area contributed by atoms with Crippen molar-refractivity contribution in [2.45, 2.75) is 69.9 Å². The molecule has 2 aliphatic carbocycles. The molecular formula is C37H47N3. The Hall–Kier alpha value is -2.72. The molecule has 0 aliphatic heterocycles. The van der Waals surface area contributed by atoms with E-state index in [1.807, 2.05) is 0 Å². The van der Waals surface area contributed by atoms with Crippen LogP contribution >= 0.6 is 0 Å². The highest BCUT2D eigenvalue weighted by molar-refractivity contribution is 5.83. The minimum Gasteiger partial charge on any atom is -0.318 e. The van der Waals surface area contributed by atoms with Gasteiger partial charge in [-0.05, 0) is 89.6 Å². The third kappa shape index (κ3) is 6.77. The zero-order valence-corrected chi connectivity index (χ0v) is 24.3. The lowest BCUT2D eigenvalue weighted by Crippen LogP contribution is -2.49. The number of benzene rings is 4. The molecule has 3 N–H and O–H groups in total. The van der Waals surface area contributed by atoms with E-state index in [-0.39, 0.29) is 0 Å². The van der Waals surface area contributed by atoms with E-state index in [1.54, 1.807) is 0 Å². The van der Waals surface area contributed by atoms with Gasteiger partial charge in [-0.3, -0.25) is 0 Å². The van der Waals surface area contributed by atoms with Crippen LogP contribution in [0.3, 0.4) is 0 Å². The molecule has 0 unspecified atom stereocenters. The van der Waals surface area contributed by atoms with E-state index in [0.29, 0.717) is 17.5 Å². The summed E-state index contributed by atoms with van der Waals surface area (Å²) in [6.45, 7) is 3.12. The summed E-state index contributed by atoms with van der Waals surface area (Å²) >= 11 is 0. The van der Waals surface area contributed by atoms with Crippen LogP contribution in [0.1, 0.15) is 56.1 Å². The summed E-state index contributed by atoms with van der Waals surface area (Å²) in [5.74, 6) is 0.938. The van der Waals surface area contributed by atoms with Crippen LogP contribution in [0.4, 0.5) is 0 Å². The van der Waals surface area contributed by atoms with Crippen LogP contribution in [0.15, 0.2) is 84.9 Å². The molecule has 40 heavy (non-hydrogen) atoms. The Morgan fingerprint density at radius 1 is 0.650 bits per heavy atom. The highest BCUT2D eigenvalue weighted by atomic mass is 15.0. The highest BCUT2D eigenvalue weighted by Crippen LogP contribution is 2.56. The number of rotatable bonds is 13. The molecular weight excluding hydrogens is 486 g/mol. The third-order valence-electron chi connectivity index (χ3n) is 9.80. The lowest BCUT2D eigenvalue weighted by Gasteiger charge is -2.33. The molecule has 4 aromatic carbocycles. The lowest BCUT2D eigenvalue weighted by molar-refractivity contribution is 0.213. The fraction of sp³-hybridized carbons (Fsp3) is 0.459. The van der Waals surface area contributed by atoms with Crippen molar-refractivity contribution in [2.24, 2.45) is 11.3 Å². The standard InChI is InChI=1S/C37H47N3/c1-38-25-35(23-28-15-17-30-9-5-7-11-32(30)21-28)39-26-36(24-29-16-18-31-10-6-8-12-33(31)22-29)40-27-37(19-20-37)34-13-3-2-4-14-34/h5-12,15-18,21-22,34-36,38-40H,2-4,13-14,19-20,23-27H2,1H3/t35-,36+/m0/s1. The van der Waals surface area contributed by atoms with Crippen molar-refractivity contribution in [1.29, 1.82) is 0 Å². The molecule has 2 fully saturated rings. The maximum atomic E-state index is 4.12. The zero-order valence-electron chi connectivity index (χ0n) is 24.3. The smallest absolute Gasteiger partial charge is 0.0233 e. The van der Waals surface area contributed by atoms with Crippen LogP contribution in [-0.2, 0) is 12.8 Å². The van der Waals surface area contributed by atoms with Crippen LogP contribution in [-0.4, -0.2) is 38.8 Å². The number of nitrogens with one attached hydrogen (secondary N) is 3. The number of fused-ring (bicyclic) bond motifs is 2. The van der Waals surface area contributed by atoms with E-state index in [9.17, 15) is 0 Å². The Balaban J connectivity index is 1.15. The maximum Gasteiger partial charge on any atom is 0.0233 e. The van der Waals surface area contributed by atoms with Crippen molar-refractivity contribution < 1.29 is 0 Å². The van der Waals surface area contributed by atoms with Gasteiger partial charge in [0.15, 0.2) is 0 Å². The van der Waals surface area contributed by atoms with Gasteiger partial charge in [0.1, 0.15) is 0 Å². The average molecular weight is 534 g/mol. The van der Waals surface area contributed by atoms with Crippen LogP contribution in [0.5, 0.6) is 0 Å². The predicted molar refractivity (Wildman–Crippen MR) is 171 cm³/mol. The summed E-state index contributed by atoms with van der Waals surface area (Å²) in [5, 5.41) is 16.9. The van der Waals surface area contributed by atoms with Gasteiger partial charge in [0.25, 0.3) is 0 Å². The Bertz CT molecular complexity index is 1380. The Labute approximate surface area is 241 Å². The first-order valence-corrected chi connectivity index (χ1v) is 15.8. The van der Waals surface area contributed by atoms with Gasteiger partial charge < -0.3 is 16.0 Å². The Morgan fingerprint density at radius 2 is 1.20 bits per heavy atom. The third-order valence-corrected chi connectivity index (χ3v) is 9.80. The second kappa shape index (κ2) is 12.9. The van der Waals surface area contributed by atoms with Crippen LogP contribution < -0.4 is 16.0 Å². The predicted octanol–water partition coefficient (Wildman–Crippen LogP) is 7.27. The van der Waals surface area contributed by atoms with E-state index >= 15 is 0 Å². The molecule has 210 valence electrons. The lowest BCUT2D eigenvalue weighted by atomic mass is 9.77. The number of hydrogen-bond acceptors (Lipinski definition) is 3. The molecule has 2 saturated carbocycles. The van der Waals surface area contributed by atoms with Gasteiger partial charge in [-0.1, -0.05) is 104 Å². The number of hydrogen-bond donors (Lipinski definition) is 3. The minimum atomic E-state index is 0.389. The number of likely N-dealkylation sites (N-methyl/N-ethyl adjacent to an activating group) is 1. The van der Waals surface area contributed by atoms with Crippen molar-refractivity contribution in [3.8, 4) is 0 Å². The summed E-state index contributed by atoms with van der Waals surface area (Å²) in [5.41, 5.74) is 3.40. The van der Waals surface area contributed by atoms with E-state index in [0.717, 1.165) is 31.8 Å². The SMILES string of the molecule is CNC[C@H](Cc1ccc2ccccc2c1)NC[C@@H](Cc1ccc2ccccc2c1)NCC1(C2CCCCC2)CC1. The molecule has 0 spiro atoms. The molecule has 0 saturated heterocycles. The van der Waals surface area contributed by atoms with Crippen molar-refractivity contribution in [2.75, 3.05) is 26.7 Å². The molecule has 0 amide bonds. The van der Waals surface area contributed by atoms with Crippen molar-refractivity contribution in [3.05, 3.63) is 96.1 Å². The molecule has 0 radical (unpaired) electrons. The van der Waals surface area contributed by atoms with E-state index in [2.05, 4.69) is 108 Å². The Morgan fingerprint density at radius 3 is 1.75 bits per heavy atom. The van der Waals surface area contributed by atoms with Crippen molar-refractivity contribution >= 4 is 21.5 Å². The first kappa shape index (κ1) is 27.4. The van der Waals surface area contributed by atoms with Crippen LogP contribution in [0, 0.1) is 11.3 Å². The van der Waals surface area contributed by atoms with E-state index in [4.69, 9.17) is 0 Å². The zero-order chi connectivity index (χ0) is 27.2. The van der Waals surface area contributed by atoms with Crippen molar-refractivity contribution in [1.82, 2.24) is 16.0 Å². The first-order chi connectivity index (χ1) is 19.7. The van der Waals surface area contributed by atoms with Gasteiger partial charge in [0.2, 0.25) is 0 Å². The largest absolute Gasteiger partial charge is 0.318 e.